The lowest BCUT2D eigenvalue weighted by molar-refractivity contribution is -0.140. The molecule has 1 saturated carbocycles. The number of aliphatic hydroxyl groups is 1. The summed E-state index contributed by atoms with van der Waals surface area (Å²) in [6, 6.07) is 8.63. The van der Waals surface area contributed by atoms with E-state index < -0.39 is 23.8 Å². The van der Waals surface area contributed by atoms with Gasteiger partial charge in [-0.3, -0.25) is 9.59 Å². The fourth-order valence-corrected chi connectivity index (χ4v) is 1.96. The number of hydrogen-bond donors (Lipinski definition) is 3. The number of carbonyl (C=O) groups is 2. The van der Waals surface area contributed by atoms with Crippen molar-refractivity contribution in [1.29, 1.82) is 0 Å². The number of rotatable bonds is 5. The van der Waals surface area contributed by atoms with Crippen LogP contribution in [0, 0.1) is 11.8 Å². The molecule has 3 atom stereocenters. The molecule has 1 amide bonds. The van der Waals surface area contributed by atoms with Gasteiger partial charge < -0.3 is 15.5 Å². The highest BCUT2D eigenvalue weighted by Crippen LogP contribution is 2.39. The molecule has 0 aliphatic heterocycles. The van der Waals surface area contributed by atoms with Crippen LogP contribution in [0.5, 0.6) is 0 Å². The lowest BCUT2D eigenvalue weighted by atomic mass is 10.1. The molecule has 0 radical (unpaired) electrons. The van der Waals surface area contributed by atoms with Crippen molar-refractivity contribution in [2.45, 2.75) is 12.5 Å². The highest BCUT2D eigenvalue weighted by atomic mass is 16.4. The molecule has 5 heteroatoms. The van der Waals surface area contributed by atoms with Gasteiger partial charge in [-0.05, 0) is 12.0 Å². The molecule has 0 spiro atoms. The first-order valence-electron chi connectivity index (χ1n) is 5.82. The third-order valence-electron chi connectivity index (χ3n) is 3.15. The summed E-state index contributed by atoms with van der Waals surface area (Å²) >= 11 is 0. The maximum absolute atomic E-state index is 11.8. The van der Waals surface area contributed by atoms with Crippen molar-refractivity contribution in [3.8, 4) is 0 Å². The fourth-order valence-electron chi connectivity index (χ4n) is 1.96. The van der Waals surface area contributed by atoms with Crippen LogP contribution in [0.4, 0.5) is 0 Å². The molecule has 2 rings (SSSR count). The van der Waals surface area contributed by atoms with Crippen LogP contribution >= 0.6 is 0 Å². The number of aliphatic carboxylic acids is 1. The summed E-state index contributed by atoms with van der Waals surface area (Å²) in [5.41, 5.74) is 0.806. The van der Waals surface area contributed by atoms with Gasteiger partial charge in [0.15, 0.2) is 0 Å². The van der Waals surface area contributed by atoms with Crippen LogP contribution in [0.2, 0.25) is 0 Å². The zero-order valence-electron chi connectivity index (χ0n) is 9.74. The summed E-state index contributed by atoms with van der Waals surface area (Å²) in [5.74, 6) is -2.26. The lowest BCUT2D eigenvalue weighted by Crippen LogP contribution is -2.32. The van der Waals surface area contributed by atoms with Crippen molar-refractivity contribution in [1.82, 2.24) is 5.32 Å². The van der Waals surface area contributed by atoms with Crippen LogP contribution in [0.15, 0.2) is 30.3 Å². The van der Waals surface area contributed by atoms with E-state index in [2.05, 4.69) is 5.32 Å². The number of carbonyl (C=O) groups excluding carboxylic acids is 1. The van der Waals surface area contributed by atoms with Crippen molar-refractivity contribution >= 4 is 11.9 Å². The van der Waals surface area contributed by atoms with E-state index in [4.69, 9.17) is 5.11 Å². The predicted molar refractivity (Wildman–Crippen MR) is 63.6 cm³/mol. The molecular weight excluding hydrogens is 234 g/mol. The minimum Gasteiger partial charge on any atom is -0.481 e. The van der Waals surface area contributed by atoms with Crippen LogP contribution in [0.25, 0.3) is 0 Å². The minimum atomic E-state index is -0.935. The van der Waals surface area contributed by atoms with E-state index in [0.717, 1.165) is 5.56 Å². The lowest BCUT2D eigenvalue weighted by Gasteiger charge is -2.16. The van der Waals surface area contributed by atoms with E-state index in [-0.39, 0.29) is 12.5 Å². The number of hydrogen-bond acceptors (Lipinski definition) is 3. The Hall–Kier alpha value is -1.88. The summed E-state index contributed by atoms with van der Waals surface area (Å²) in [7, 11) is 0. The van der Waals surface area contributed by atoms with Gasteiger partial charge in [-0.15, -0.1) is 0 Å². The summed E-state index contributed by atoms with van der Waals surface area (Å²) in [4.78, 5) is 22.4. The minimum absolute atomic E-state index is 0.208. The number of benzene rings is 1. The second-order valence-corrected chi connectivity index (χ2v) is 4.44. The smallest absolute Gasteiger partial charge is 0.307 e. The van der Waals surface area contributed by atoms with E-state index >= 15 is 0 Å². The Labute approximate surface area is 104 Å². The van der Waals surface area contributed by atoms with Crippen molar-refractivity contribution in [2.24, 2.45) is 11.8 Å². The Bertz CT molecular complexity index is 446. The molecule has 96 valence electrons. The number of carboxylic acid groups (broad SMARTS) is 1. The van der Waals surface area contributed by atoms with Crippen molar-refractivity contribution < 1.29 is 19.8 Å². The fraction of sp³-hybridized carbons (Fsp3) is 0.385. The molecular formula is C13H15NO4. The third-order valence-corrected chi connectivity index (χ3v) is 3.15. The van der Waals surface area contributed by atoms with Crippen LogP contribution in [0.1, 0.15) is 18.0 Å². The zero-order chi connectivity index (χ0) is 13.1. The highest BCUT2D eigenvalue weighted by molar-refractivity contribution is 5.89. The molecule has 0 bridgehead atoms. The molecule has 1 aliphatic rings. The number of carboxylic acids is 1. The molecule has 1 aliphatic carbocycles. The SMILES string of the molecule is O=C(O)C1CC1C(=O)N[C@H](CO)c1ccccc1. The quantitative estimate of drug-likeness (QED) is 0.711. The van der Waals surface area contributed by atoms with Gasteiger partial charge in [-0.2, -0.15) is 0 Å². The Balaban J connectivity index is 1.96. The topological polar surface area (TPSA) is 86.6 Å². The van der Waals surface area contributed by atoms with Crippen LogP contribution in [-0.2, 0) is 9.59 Å². The van der Waals surface area contributed by atoms with Gasteiger partial charge >= 0.3 is 5.97 Å². The average Bonchev–Trinajstić information content (AvgIpc) is 3.17. The van der Waals surface area contributed by atoms with Crippen molar-refractivity contribution in [3.05, 3.63) is 35.9 Å². The van der Waals surface area contributed by atoms with Gasteiger partial charge in [0.1, 0.15) is 0 Å². The summed E-state index contributed by atoms with van der Waals surface area (Å²) in [6.07, 6.45) is 0.383. The van der Waals surface area contributed by atoms with Gasteiger partial charge in [0.05, 0.1) is 24.5 Å². The molecule has 0 saturated heterocycles. The van der Waals surface area contributed by atoms with Crippen molar-refractivity contribution in [2.75, 3.05) is 6.61 Å². The largest absolute Gasteiger partial charge is 0.481 e. The number of amides is 1. The first kappa shape index (κ1) is 12.6. The second-order valence-electron chi connectivity index (χ2n) is 4.44. The van der Waals surface area contributed by atoms with E-state index in [9.17, 15) is 14.7 Å². The average molecular weight is 249 g/mol. The maximum Gasteiger partial charge on any atom is 0.307 e. The van der Waals surface area contributed by atoms with E-state index in [1.165, 1.54) is 0 Å². The van der Waals surface area contributed by atoms with Gasteiger partial charge in [0, 0.05) is 0 Å². The van der Waals surface area contributed by atoms with Gasteiger partial charge in [-0.1, -0.05) is 30.3 Å². The zero-order valence-corrected chi connectivity index (χ0v) is 9.74. The molecule has 18 heavy (non-hydrogen) atoms. The molecule has 1 aromatic carbocycles. The van der Waals surface area contributed by atoms with Gasteiger partial charge in [0.25, 0.3) is 0 Å². The molecule has 1 aromatic rings. The second kappa shape index (κ2) is 5.18. The van der Waals surface area contributed by atoms with Gasteiger partial charge in [0.2, 0.25) is 5.91 Å². The van der Waals surface area contributed by atoms with E-state index in [1.54, 1.807) is 0 Å². The Morgan fingerprint density at radius 1 is 1.28 bits per heavy atom. The van der Waals surface area contributed by atoms with E-state index in [1.807, 2.05) is 30.3 Å². The van der Waals surface area contributed by atoms with Gasteiger partial charge in [-0.25, -0.2) is 0 Å². The molecule has 0 heterocycles. The third kappa shape index (κ3) is 2.68. The molecule has 5 nitrogen and oxygen atoms in total. The standard InChI is InChI=1S/C13H15NO4/c15-7-11(8-4-2-1-3-5-8)14-12(16)9-6-10(9)13(17)18/h1-5,9-11,15H,6-7H2,(H,14,16)(H,17,18)/t9?,10?,11-/m1/s1. The molecule has 1 fully saturated rings. The van der Waals surface area contributed by atoms with Crippen LogP contribution in [-0.4, -0.2) is 28.7 Å². The van der Waals surface area contributed by atoms with Crippen molar-refractivity contribution in [3.63, 3.8) is 0 Å². The highest BCUT2D eigenvalue weighted by Gasteiger charge is 2.48. The normalized spacial score (nSPS) is 23.2. The first-order valence-corrected chi connectivity index (χ1v) is 5.82. The Morgan fingerprint density at radius 3 is 2.44 bits per heavy atom. The molecule has 0 aromatic heterocycles. The van der Waals surface area contributed by atoms with E-state index in [0.29, 0.717) is 6.42 Å². The summed E-state index contributed by atoms with van der Waals surface area (Å²) in [6.45, 7) is -0.208. The van der Waals surface area contributed by atoms with Crippen LogP contribution in [0.3, 0.4) is 0 Å². The number of nitrogens with one attached hydrogen (secondary N) is 1. The molecule has 2 unspecified atom stereocenters. The molecule has 3 N–H and O–H groups in total. The Kier molecular flexibility index (Phi) is 3.62. The predicted octanol–water partition coefficient (Wildman–Crippen LogP) is 0.557. The Morgan fingerprint density at radius 2 is 1.94 bits per heavy atom. The summed E-state index contributed by atoms with van der Waals surface area (Å²) in [5, 5.41) is 20.7. The van der Waals surface area contributed by atoms with Crippen LogP contribution < -0.4 is 5.32 Å². The maximum atomic E-state index is 11.8. The number of aliphatic hydroxyl groups excluding tert-OH is 1. The first-order chi connectivity index (χ1) is 8.63. The monoisotopic (exact) mass is 249 g/mol. The summed E-state index contributed by atoms with van der Waals surface area (Å²) < 4.78 is 0.